The van der Waals surface area contributed by atoms with Gasteiger partial charge in [-0.05, 0) is 114 Å². The number of fused-ring (bicyclic) bond motifs is 2. The summed E-state index contributed by atoms with van der Waals surface area (Å²) in [6.45, 7) is 3.20. The molecule has 2 atom stereocenters. The first-order valence-corrected chi connectivity index (χ1v) is 40.0. The van der Waals surface area contributed by atoms with Gasteiger partial charge < -0.3 is 14.4 Å². The number of ether oxygens (including phenoxy) is 2. The fourth-order valence-corrected chi connectivity index (χ4v) is 15.4. The maximum absolute atomic E-state index is 13.0. The molecule has 500 valence electrons. The van der Waals surface area contributed by atoms with Gasteiger partial charge in [-0.2, -0.15) is 71.9 Å². The van der Waals surface area contributed by atoms with E-state index in [-0.39, 0.29) is 156 Å². The van der Waals surface area contributed by atoms with Crippen LogP contribution in [0.3, 0.4) is 0 Å². The van der Waals surface area contributed by atoms with Crippen LogP contribution in [0.25, 0.3) is 0 Å². The predicted molar refractivity (Wildman–Crippen MR) is 327 cm³/mol. The summed E-state index contributed by atoms with van der Waals surface area (Å²) in [5.41, 5.74) is 0.0704. The van der Waals surface area contributed by atoms with E-state index in [1.165, 1.54) is 18.2 Å². The maximum Gasteiger partial charge on any atom is 0.298 e. The molecule has 0 spiro atoms. The molecular weight excluding hydrogens is 1330 g/mol. The second-order valence-electron chi connectivity index (χ2n) is 21.2. The van der Waals surface area contributed by atoms with Crippen molar-refractivity contribution >= 4 is 98.0 Å². The lowest BCUT2D eigenvalue weighted by Gasteiger charge is -2.30. The van der Waals surface area contributed by atoms with Crippen LogP contribution in [0.4, 0.5) is 11.4 Å². The highest BCUT2D eigenvalue weighted by Crippen LogP contribution is 2.53. The van der Waals surface area contributed by atoms with Gasteiger partial charge in [0.05, 0.1) is 74.5 Å². The Bertz CT molecular complexity index is 3900. The highest BCUT2D eigenvalue weighted by Gasteiger charge is 2.49. The van der Waals surface area contributed by atoms with E-state index in [1.807, 2.05) is 0 Å². The van der Waals surface area contributed by atoms with E-state index in [9.17, 15) is 90.1 Å². The third-order valence-electron chi connectivity index (χ3n) is 14.7. The number of rotatable bonds is 41. The Morgan fingerprint density at radius 1 is 0.466 bits per heavy atom. The molecule has 2 unspecified atom stereocenters. The van der Waals surface area contributed by atoms with Crippen LogP contribution >= 0.6 is 0 Å². The molecule has 2 heterocycles. The van der Waals surface area contributed by atoms with Gasteiger partial charge in [0.25, 0.3) is 80.9 Å². The Balaban J connectivity index is 1.89. The molecule has 0 amide bonds. The molecule has 88 heavy (non-hydrogen) atoms. The second kappa shape index (κ2) is 31.9. The van der Waals surface area contributed by atoms with E-state index in [0.29, 0.717) is 22.5 Å². The lowest BCUT2D eigenvalue weighted by Crippen LogP contribution is -2.31. The van der Waals surface area contributed by atoms with Crippen LogP contribution in [-0.2, 0) is 104 Å². The molecule has 28 nitrogen and oxygen atoms in total. The Kier molecular flexibility index (Phi) is 27.6. The Labute approximate surface area is 517 Å². The van der Waals surface area contributed by atoms with Crippen molar-refractivity contribution in [2.45, 2.75) is 124 Å². The van der Waals surface area contributed by atoms with Crippen LogP contribution < -0.4 is 14.4 Å². The molecule has 0 aliphatic carbocycles. The maximum atomic E-state index is 13.0. The van der Waals surface area contributed by atoms with Gasteiger partial charge in [-0.1, -0.05) is 43.2 Å². The molecule has 0 aromatic heterocycles. The van der Waals surface area contributed by atoms with Crippen LogP contribution in [0.2, 0.25) is 0 Å². The first-order chi connectivity index (χ1) is 40.6. The molecule has 36 heteroatoms. The number of hydrogen-bond acceptors (Lipinski definition) is 22. The highest BCUT2D eigenvalue weighted by molar-refractivity contribution is 7.88. The summed E-state index contributed by atoms with van der Waals surface area (Å²) in [6.07, 6.45) is 12.7. The van der Waals surface area contributed by atoms with Crippen molar-refractivity contribution in [1.82, 2.24) is 0 Å². The number of unbranched alkanes of at least 4 members (excludes halogenated alkanes) is 6. The first-order valence-electron chi connectivity index (χ1n) is 27.6. The normalized spacial score (nSPS) is 18.6. The smallest absolute Gasteiger partial charge is 0.298 e. The average Bonchev–Trinajstić information content (AvgIpc) is 2.87. The quantitative estimate of drug-likeness (QED) is 0.0176. The number of hydrogen-bond donors (Lipinski definition) is 5. The van der Waals surface area contributed by atoms with Gasteiger partial charge in [0, 0.05) is 47.5 Å². The summed E-state index contributed by atoms with van der Waals surface area (Å²) >= 11 is 0. The van der Waals surface area contributed by atoms with Crippen LogP contribution in [0.1, 0.15) is 115 Å². The SMILES string of the molecule is COS(=O)(=O)CCCCOc1cc2c(cc1S(=O)(=O)O)N(CCCCS(=O)(=O)O)/C(=C/C=C/C=C/C=C/C1=[N+](CCCCS(=O)(=O)O)c3cc(S(=O)(=O)O)c(OCCCCS(=O)(=O)OC)cc3C1(C)CCCCS(=O)(=O)OC)C2(C)CCCCS(=O)(=O)O. The Morgan fingerprint density at radius 2 is 0.875 bits per heavy atom. The largest absolute Gasteiger partial charge is 0.492 e. The number of nitrogens with zero attached hydrogens (tertiary/aromatic N) is 2. The molecule has 2 aliphatic heterocycles. The number of anilines is 1. The minimum atomic E-state index is -5.04. The monoisotopic (exact) mass is 1400 g/mol. The average molecular weight is 1400 g/mol. The molecule has 2 aliphatic rings. The van der Waals surface area contributed by atoms with Gasteiger partial charge in [-0.15, -0.1) is 0 Å². The van der Waals surface area contributed by atoms with Crippen LogP contribution in [0.5, 0.6) is 11.5 Å². The van der Waals surface area contributed by atoms with Crippen molar-refractivity contribution in [3.63, 3.8) is 0 Å². The molecule has 0 fully saturated rings. The van der Waals surface area contributed by atoms with E-state index in [2.05, 4.69) is 12.5 Å². The molecule has 5 N–H and O–H groups in total. The minimum absolute atomic E-state index is 0.00933. The van der Waals surface area contributed by atoms with E-state index < -0.39 is 119 Å². The predicted octanol–water partition coefficient (Wildman–Crippen LogP) is 5.68. The van der Waals surface area contributed by atoms with Crippen molar-refractivity contribution in [1.29, 1.82) is 0 Å². The van der Waals surface area contributed by atoms with E-state index in [0.717, 1.165) is 27.4 Å². The second-order valence-corrected chi connectivity index (χ2v) is 34.3. The van der Waals surface area contributed by atoms with Gasteiger partial charge in [0.15, 0.2) is 5.71 Å². The van der Waals surface area contributed by atoms with Gasteiger partial charge in [0.1, 0.15) is 27.8 Å². The van der Waals surface area contributed by atoms with Gasteiger partial charge >= 0.3 is 0 Å². The Hall–Kier alpha value is -4.25. The zero-order valence-electron chi connectivity index (χ0n) is 49.3. The summed E-state index contributed by atoms with van der Waals surface area (Å²) in [7, 11) is -31.8. The molecule has 0 saturated carbocycles. The minimum Gasteiger partial charge on any atom is -0.492 e. The lowest BCUT2D eigenvalue weighted by molar-refractivity contribution is -0.438. The third kappa shape index (κ3) is 23.5. The van der Waals surface area contributed by atoms with Crippen LogP contribution in [0, 0.1) is 0 Å². The first kappa shape index (κ1) is 76.2. The highest BCUT2D eigenvalue weighted by atomic mass is 32.2. The van der Waals surface area contributed by atoms with Crippen LogP contribution in [0.15, 0.2) is 82.3 Å². The molecular formula is C52H79N2O26S8+. The summed E-state index contributed by atoms with van der Waals surface area (Å²) in [5, 5.41) is 0. The standard InChI is InChI=1S/C52H78N2O26S8/c1-51(25-11-17-31-81(55,56)57)41-37-45(79-29-15-21-35-85(66,67)77-4)47(87(70,71)72)39-43(41)53(27-13-19-32-82(58,59)60)49(51)23-9-7-6-8-10-24-50-52(2,26-12-18-34-84(64,65)76-3)42-38-46(80-30-16-22-36-86(68,69)78-5)48(88(73,74)75)40-44(42)54(50)28-14-20-33-83(61,62)63/h6-10,23-24,37-40H,11-22,25-36H2,1-5H3,(H4-,55,56,57,58,59,60,61,62,63,70,71,72,73,74,75)/p+1. The number of benzene rings is 2. The van der Waals surface area contributed by atoms with Crippen molar-refractivity contribution < 1.29 is 117 Å². The third-order valence-corrected chi connectivity index (χ3v) is 22.7. The van der Waals surface area contributed by atoms with Crippen LogP contribution in [-0.4, -0.2) is 183 Å². The molecule has 0 radical (unpaired) electrons. The Morgan fingerprint density at radius 3 is 1.35 bits per heavy atom. The summed E-state index contributed by atoms with van der Waals surface area (Å²) < 4.78 is 272. The topological polar surface area (TPSA) is 427 Å². The van der Waals surface area contributed by atoms with Crippen molar-refractivity contribution in [3.05, 3.63) is 83.6 Å². The van der Waals surface area contributed by atoms with E-state index in [1.54, 1.807) is 65.9 Å². The van der Waals surface area contributed by atoms with E-state index in [4.69, 9.17) is 9.47 Å². The fourth-order valence-electron chi connectivity index (χ4n) is 10.2. The molecule has 4 rings (SSSR count). The van der Waals surface area contributed by atoms with Gasteiger partial charge in [0.2, 0.25) is 5.69 Å². The van der Waals surface area contributed by atoms with Crippen molar-refractivity contribution in [2.75, 3.05) is 87.0 Å². The summed E-state index contributed by atoms with van der Waals surface area (Å²) in [5.74, 6) is -3.48. The van der Waals surface area contributed by atoms with Crippen molar-refractivity contribution in [2.24, 2.45) is 0 Å². The van der Waals surface area contributed by atoms with Crippen molar-refractivity contribution in [3.8, 4) is 11.5 Å². The van der Waals surface area contributed by atoms with E-state index >= 15 is 0 Å². The molecule has 0 bridgehead atoms. The lowest BCUT2D eigenvalue weighted by atomic mass is 9.75. The molecule has 2 aromatic rings. The zero-order valence-corrected chi connectivity index (χ0v) is 55.8. The summed E-state index contributed by atoms with van der Waals surface area (Å²) in [4.78, 5) is 0.368. The van der Waals surface area contributed by atoms with Gasteiger partial charge in [-0.3, -0.25) is 35.3 Å². The zero-order chi connectivity index (χ0) is 66.2. The summed E-state index contributed by atoms with van der Waals surface area (Å²) in [6, 6.07) is 5.14. The molecule has 2 aromatic carbocycles. The fraction of sp³-hybridized carbons (Fsp3) is 0.596. The molecule has 0 saturated heterocycles. The van der Waals surface area contributed by atoms with Gasteiger partial charge in [-0.25, -0.2) is 0 Å². The number of allylic oxidation sites excluding steroid dienone is 8.